The fourth-order valence-corrected chi connectivity index (χ4v) is 2.41. The van der Waals surface area contributed by atoms with Gasteiger partial charge in [-0.2, -0.15) is 0 Å². The molecule has 0 saturated heterocycles. The van der Waals surface area contributed by atoms with E-state index in [0.29, 0.717) is 18.7 Å². The fourth-order valence-electron chi connectivity index (χ4n) is 2.41. The Balaban J connectivity index is 1.54. The summed E-state index contributed by atoms with van der Waals surface area (Å²) < 4.78 is 7.90. The number of aromatic nitrogens is 3. The summed E-state index contributed by atoms with van der Waals surface area (Å²) in [5.41, 5.74) is 1.28. The van der Waals surface area contributed by atoms with Crippen LogP contribution in [0.5, 0.6) is 5.75 Å². The number of carbonyl (C=O) groups excluding carboxylic acids is 1. The maximum Gasteiger partial charge on any atom is 0.350 e. The second kappa shape index (κ2) is 6.99. The number of carbonyl (C=O) groups is 1. The highest BCUT2D eigenvalue weighted by Gasteiger charge is 2.07. The number of amides is 1. The molecule has 124 valence electrons. The molecule has 0 spiro atoms. The van der Waals surface area contributed by atoms with Gasteiger partial charge < -0.3 is 10.1 Å². The van der Waals surface area contributed by atoms with E-state index in [-0.39, 0.29) is 18.0 Å². The quantitative estimate of drug-likeness (QED) is 0.729. The monoisotopic (exact) mass is 326 g/mol. The average molecular weight is 326 g/mol. The summed E-state index contributed by atoms with van der Waals surface area (Å²) in [7, 11) is 1.60. The lowest BCUT2D eigenvalue weighted by Gasteiger charge is -2.06. The summed E-state index contributed by atoms with van der Waals surface area (Å²) in [5.74, 6) is 0.655. The van der Waals surface area contributed by atoms with Crippen LogP contribution in [-0.2, 0) is 17.8 Å². The highest BCUT2D eigenvalue weighted by molar-refractivity contribution is 5.78. The summed E-state index contributed by atoms with van der Waals surface area (Å²) in [4.78, 5) is 24.1. The number of fused-ring (bicyclic) bond motifs is 1. The van der Waals surface area contributed by atoms with Crippen LogP contribution in [0.4, 0.5) is 0 Å². The van der Waals surface area contributed by atoms with Gasteiger partial charge in [-0.25, -0.2) is 9.48 Å². The number of hydrogen-bond acceptors (Lipinski definition) is 4. The minimum atomic E-state index is -0.213. The smallest absolute Gasteiger partial charge is 0.350 e. The van der Waals surface area contributed by atoms with Gasteiger partial charge in [0.25, 0.3) is 0 Å². The van der Waals surface area contributed by atoms with Gasteiger partial charge in [0, 0.05) is 12.7 Å². The molecule has 0 aliphatic heterocycles. The Morgan fingerprint density at radius 2 is 2.00 bits per heavy atom. The lowest BCUT2D eigenvalue weighted by Crippen LogP contribution is -2.32. The normalized spacial score (nSPS) is 10.7. The molecule has 0 aliphatic carbocycles. The summed E-state index contributed by atoms with van der Waals surface area (Å²) >= 11 is 0. The molecule has 24 heavy (non-hydrogen) atoms. The van der Waals surface area contributed by atoms with Crippen molar-refractivity contribution in [3.05, 3.63) is 64.7 Å². The molecule has 0 aliphatic rings. The molecular weight excluding hydrogens is 308 g/mol. The van der Waals surface area contributed by atoms with Gasteiger partial charge in [-0.3, -0.25) is 9.20 Å². The first-order chi connectivity index (χ1) is 11.7. The van der Waals surface area contributed by atoms with Crippen molar-refractivity contribution in [2.24, 2.45) is 0 Å². The zero-order chi connectivity index (χ0) is 16.9. The van der Waals surface area contributed by atoms with Crippen LogP contribution in [0.3, 0.4) is 0 Å². The molecule has 7 heteroatoms. The van der Waals surface area contributed by atoms with Crippen molar-refractivity contribution >= 4 is 11.6 Å². The lowest BCUT2D eigenvalue weighted by molar-refractivity contribution is -0.120. The van der Waals surface area contributed by atoms with Gasteiger partial charge in [0.1, 0.15) is 5.75 Å². The summed E-state index contributed by atoms with van der Waals surface area (Å²) in [5, 5.41) is 7.01. The fraction of sp³-hybridized carbons (Fsp3) is 0.235. The lowest BCUT2D eigenvalue weighted by atomic mass is 10.1. The van der Waals surface area contributed by atoms with E-state index in [1.807, 2.05) is 30.3 Å². The maximum atomic E-state index is 12.1. The van der Waals surface area contributed by atoms with Gasteiger partial charge in [-0.05, 0) is 29.8 Å². The van der Waals surface area contributed by atoms with E-state index < -0.39 is 0 Å². The van der Waals surface area contributed by atoms with Crippen LogP contribution in [0.2, 0.25) is 0 Å². The Kier molecular flexibility index (Phi) is 4.60. The van der Waals surface area contributed by atoms with E-state index in [4.69, 9.17) is 4.74 Å². The molecule has 2 heterocycles. The van der Waals surface area contributed by atoms with Crippen LogP contribution in [0, 0.1) is 0 Å². The van der Waals surface area contributed by atoms with Crippen LogP contribution >= 0.6 is 0 Å². The second-order valence-electron chi connectivity index (χ2n) is 5.31. The average Bonchev–Trinajstić information content (AvgIpc) is 2.92. The first-order valence-corrected chi connectivity index (χ1v) is 7.61. The Labute approximate surface area is 138 Å². The number of ether oxygens (including phenoxy) is 1. The van der Waals surface area contributed by atoms with Crippen molar-refractivity contribution in [3.63, 3.8) is 0 Å². The summed E-state index contributed by atoms with van der Waals surface area (Å²) in [6.07, 6.45) is 1.95. The number of benzene rings is 1. The van der Waals surface area contributed by atoms with E-state index in [1.54, 1.807) is 25.4 Å². The molecule has 0 unspecified atom stereocenters. The largest absolute Gasteiger partial charge is 0.497 e. The molecule has 7 nitrogen and oxygen atoms in total. The van der Waals surface area contributed by atoms with Gasteiger partial charge in [-0.15, -0.1) is 5.10 Å². The van der Waals surface area contributed by atoms with Crippen molar-refractivity contribution in [2.45, 2.75) is 13.0 Å². The van der Waals surface area contributed by atoms with E-state index in [1.165, 1.54) is 9.08 Å². The number of rotatable bonds is 6. The highest BCUT2D eigenvalue weighted by atomic mass is 16.5. The minimum Gasteiger partial charge on any atom is -0.497 e. The predicted molar refractivity (Wildman–Crippen MR) is 89.2 cm³/mol. The van der Waals surface area contributed by atoms with E-state index in [2.05, 4.69) is 10.4 Å². The van der Waals surface area contributed by atoms with Crippen molar-refractivity contribution < 1.29 is 9.53 Å². The van der Waals surface area contributed by atoms with Gasteiger partial charge in [0.2, 0.25) is 5.91 Å². The summed E-state index contributed by atoms with van der Waals surface area (Å²) in [6.45, 7) is 0.674. The molecular formula is C17H18N4O3. The first-order valence-electron chi connectivity index (χ1n) is 7.61. The second-order valence-corrected chi connectivity index (χ2v) is 5.31. The molecule has 1 N–H and O–H groups in total. The molecule has 0 atom stereocenters. The third-order valence-corrected chi connectivity index (χ3v) is 3.66. The van der Waals surface area contributed by atoms with Gasteiger partial charge in [-0.1, -0.05) is 18.2 Å². The molecule has 2 aromatic heterocycles. The maximum absolute atomic E-state index is 12.1. The van der Waals surface area contributed by atoms with Gasteiger partial charge in [0.15, 0.2) is 5.65 Å². The van der Waals surface area contributed by atoms with E-state index >= 15 is 0 Å². The number of hydrogen-bond donors (Lipinski definition) is 1. The third-order valence-electron chi connectivity index (χ3n) is 3.66. The van der Waals surface area contributed by atoms with Crippen molar-refractivity contribution in [1.29, 1.82) is 0 Å². The van der Waals surface area contributed by atoms with Crippen LogP contribution in [0.1, 0.15) is 5.56 Å². The number of pyridine rings is 1. The molecule has 3 aromatic rings. The van der Waals surface area contributed by atoms with E-state index in [9.17, 15) is 9.59 Å². The van der Waals surface area contributed by atoms with Crippen LogP contribution < -0.4 is 15.7 Å². The first kappa shape index (κ1) is 15.8. The number of methoxy groups -OCH3 is 1. The molecule has 0 radical (unpaired) electrons. The standard InChI is InChI=1S/C17H18N4O3/c1-24-14-7-5-13(6-8-14)12-16(22)18-9-11-21-17(23)20-10-3-2-4-15(20)19-21/h2-8,10H,9,11-12H2,1H3,(H,18,22). The van der Waals surface area contributed by atoms with Gasteiger partial charge in [0.05, 0.1) is 20.1 Å². The van der Waals surface area contributed by atoms with Crippen LogP contribution in [-0.4, -0.2) is 33.7 Å². The van der Waals surface area contributed by atoms with E-state index in [0.717, 1.165) is 11.3 Å². The van der Waals surface area contributed by atoms with Crippen molar-refractivity contribution in [1.82, 2.24) is 19.5 Å². The zero-order valence-corrected chi connectivity index (χ0v) is 13.3. The SMILES string of the molecule is COc1ccc(CC(=O)NCCn2nc3ccccn3c2=O)cc1. The summed E-state index contributed by atoms with van der Waals surface area (Å²) in [6, 6.07) is 12.7. The minimum absolute atomic E-state index is 0.100. The molecule has 1 amide bonds. The van der Waals surface area contributed by atoms with Crippen LogP contribution in [0.25, 0.3) is 5.65 Å². The Hall–Kier alpha value is -3.09. The Morgan fingerprint density at radius 3 is 2.71 bits per heavy atom. The third kappa shape index (κ3) is 3.45. The molecule has 0 fully saturated rings. The molecule has 1 aromatic carbocycles. The Bertz CT molecular complexity index is 896. The number of nitrogens with one attached hydrogen (secondary N) is 1. The topological polar surface area (TPSA) is 77.6 Å². The van der Waals surface area contributed by atoms with Crippen molar-refractivity contribution in [3.8, 4) is 5.75 Å². The zero-order valence-electron chi connectivity index (χ0n) is 13.3. The predicted octanol–water partition coefficient (Wildman–Crippen LogP) is 0.863. The molecule has 3 rings (SSSR count). The van der Waals surface area contributed by atoms with Gasteiger partial charge >= 0.3 is 5.69 Å². The van der Waals surface area contributed by atoms with Crippen molar-refractivity contribution in [2.75, 3.05) is 13.7 Å². The number of nitrogens with zero attached hydrogens (tertiary/aromatic N) is 3. The van der Waals surface area contributed by atoms with Crippen LogP contribution in [0.15, 0.2) is 53.5 Å². The highest BCUT2D eigenvalue weighted by Crippen LogP contribution is 2.11. The molecule has 0 saturated carbocycles. The Morgan fingerprint density at radius 1 is 1.21 bits per heavy atom. The molecule has 0 bridgehead atoms.